The molecule has 0 heterocycles. The Kier molecular flexibility index (Phi) is 4.60. The van der Waals surface area contributed by atoms with Gasteiger partial charge in [-0.05, 0) is 38.0 Å². The first-order chi connectivity index (χ1) is 6.18. The SMILES string of the molecule is CSC1(CNCCC(C)C)CCC1. The van der Waals surface area contributed by atoms with Crippen LogP contribution in [0.15, 0.2) is 0 Å². The molecular formula is C11H23NS. The Morgan fingerprint density at radius 2 is 2.08 bits per heavy atom. The predicted octanol–water partition coefficient (Wildman–Crippen LogP) is 2.91. The fraction of sp³-hybridized carbons (Fsp3) is 1.00. The molecule has 1 nitrogen and oxygen atoms in total. The maximum atomic E-state index is 3.59. The van der Waals surface area contributed by atoms with Gasteiger partial charge in [-0.1, -0.05) is 20.3 Å². The maximum Gasteiger partial charge on any atom is 0.0281 e. The highest BCUT2D eigenvalue weighted by Gasteiger charge is 2.35. The molecule has 1 rings (SSSR count). The van der Waals surface area contributed by atoms with E-state index in [2.05, 4.69) is 37.2 Å². The average molecular weight is 201 g/mol. The molecule has 0 spiro atoms. The van der Waals surface area contributed by atoms with Gasteiger partial charge in [-0.3, -0.25) is 0 Å². The van der Waals surface area contributed by atoms with E-state index in [4.69, 9.17) is 0 Å². The van der Waals surface area contributed by atoms with E-state index in [0.29, 0.717) is 4.75 Å². The summed E-state index contributed by atoms with van der Waals surface area (Å²) in [5, 5.41) is 3.59. The predicted molar refractivity (Wildman–Crippen MR) is 62.4 cm³/mol. The molecular weight excluding hydrogens is 178 g/mol. The van der Waals surface area contributed by atoms with Gasteiger partial charge >= 0.3 is 0 Å². The van der Waals surface area contributed by atoms with Crippen LogP contribution in [0.4, 0.5) is 0 Å². The van der Waals surface area contributed by atoms with Crippen LogP contribution in [-0.4, -0.2) is 24.1 Å². The molecule has 0 unspecified atom stereocenters. The molecule has 2 heteroatoms. The Balaban J connectivity index is 2.04. The molecule has 1 fully saturated rings. The first kappa shape index (κ1) is 11.4. The summed E-state index contributed by atoms with van der Waals surface area (Å²) >= 11 is 2.06. The molecule has 1 N–H and O–H groups in total. The summed E-state index contributed by atoms with van der Waals surface area (Å²) in [7, 11) is 0. The van der Waals surface area contributed by atoms with E-state index in [0.717, 1.165) is 5.92 Å². The third-order valence-corrected chi connectivity index (χ3v) is 4.46. The number of rotatable bonds is 6. The second-order valence-electron chi connectivity index (χ2n) is 4.60. The quantitative estimate of drug-likeness (QED) is 0.663. The lowest BCUT2D eigenvalue weighted by Gasteiger charge is -2.40. The van der Waals surface area contributed by atoms with Crippen LogP contribution in [0.5, 0.6) is 0 Å². The molecule has 1 saturated carbocycles. The first-order valence-corrected chi connectivity index (χ1v) is 6.67. The summed E-state index contributed by atoms with van der Waals surface area (Å²) in [6.45, 7) is 6.99. The lowest BCUT2D eigenvalue weighted by Crippen LogP contribution is -2.43. The monoisotopic (exact) mass is 201 g/mol. The van der Waals surface area contributed by atoms with Crippen molar-refractivity contribution in [2.45, 2.75) is 44.3 Å². The molecule has 0 aromatic heterocycles. The van der Waals surface area contributed by atoms with E-state index in [1.54, 1.807) is 0 Å². The summed E-state index contributed by atoms with van der Waals surface area (Å²) in [6, 6.07) is 0. The van der Waals surface area contributed by atoms with E-state index < -0.39 is 0 Å². The molecule has 0 aromatic rings. The standard InChI is InChI=1S/C11H23NS/c1-10(2)5-8-12-9-11(13-3)6-4-7-11/h10,12H,4-9H2,1-3H3. The smallest absolute Gasteiger partial charge is 0.0281 e. The number of thioether (sulfide) groups is 1. The molecule has 1 aliphatic rings. The van der Waals surface area contributed by atoms with Crippen LogP contribution in [0.3, 0.4) is 0 Å². The van der Waals surface area contributed by atoms with Crippen LogP contribution in [0.2, 0.25) is 0 Å². The van der Waals surface area contributed by atoms with Crippen LogP contribution in [0.25, 0.3) is 0 Å². The highest BCUT2D eigenvalue weighted by atomic mass is 32.2. The van der Waals surface area contributed by atoms with Crippen LogP contribution < -0.4 is 5.32 Å². The molecule has 0 saturated heterocycles. The van der Waals surface area contributed by atoms with Gasteiger partial charge in [0.2, 0.25) is 0 Å². The number of hydrogen-bond acceptors (Lipinski definition) is 2. The molecule has 13 heavy (non-hydrogen) atoms. The average Bonchev–Trinajstić information content (AvgIpc) is 2.01. The van der Waals surface area contributed by atoms with Crippen molar-refractivity contribution in [1.82, 2.24) is 5.32 Å². The zero-order valence-corrected chi connectivity index (χ0v) is 10.0. The minimum atomic E-state index is 0.608. The molecule has 1 aliphatic carbocycles. The van der Waals surface area contributed by atoms with Gasteiger partial charge < -0.3 is 5.32 Å². The summed E-state index contributed by atoms with van der Waals surface area (Å²) in [5.41, 5.74) is 0. The van der Waals surface area contributed by atoms with Crippen molar-refractivity contribution in [3.63, 3.8) is 0 Å². The van der Waals surface area contributed by atoms with Crippen molar-refractivity contribution in [3.8, 4) is 0 Å². The Bertz CT molecular complexity index is 136. The first-order valence-electron chi connectivity index (χ1n) is 5.44. The third kappa shape index (κ3) is 3.51. The maximum absolute atomic E-state index is 3.59. The number of nitrogens with one attached hydrogen (secondary N) is 1. The van der Waals surface area contributed by atoms with Gasteiger partial charge in [0.05, 0.1) is 0 Å². The zero-order valence-electron chi connectivity index (χ0n) is 9.23. The van der Waals surface area contributed by atoms with Gasteiger partial charge in [0, 0.05) is 11.3 Å². The molecule has 0 radical (unpaired) electrons. The van der Waals surface area contributed by atoms with Crippen LogP contribution >= 0.6 is 11.8 Å². The van der Waals surface area contributed by atoms with Gasteiger partial charge in [-0.15, -0.1) is 0 Å². The van der Waals surface area contributed by atoms with Crippen LogP contribution in [-0.2, 0) is 0 Å². The third-order valence-electron chi connectivity index (χ3n) is 3.04. The van der Waals surface area contributed by atoms with E-state index in [9.17, 15) is 0 Å². The Morgan fingerprint density at radius 1 is 1.38 bits per heavy atom. The Hall–Kier alpha value is 0.310. The van der Waals surface area contributed by atoms with Crippen LogP contribution in [0.1, 0.15) is 39.5 Å². The van der Waals surface area contributed by atoms with Gasteiger partial charge in [0.15, 0.2) is 0 Å². The van der Waals surface area contributed by atoms with Crippen molar-refractivity contribution >= 4 is 11.8 Å². The second-order valence-corrected chi connectivity index (χ2v) is 5.87. The van der Waals surface area contributed by atoms with Crippen molar-refractivity contribution in [2.24, 2.45) is 5.92 Å². The number of hydrogen-bond donors (Lipinski definition) is 1. The minimum absolute atomic E-state index is 0.608. The highest BCUT2D eigenvalue weighted by molar-refractivity contribution is 8.00. The Morgan fingerprint density at radius 3 is 2.46 bits per heavy atom. The van der Waals surface area contributed by atoms with Gasteiger partial charge in [0.25, 0.3) is 0 Å². The summed E-state index contributed by atoms with van der Waals surface area (Å²) in [5.74, 6) is 0.833. The van der Waals surface area contributed by atoms with Crippen LogP contribution in [0, 0.1) is 5.92 Å². The van der Waals surface area contributed by atoms with E-state index in [1.165, 1.54) is 38.8 Å². The van der Waals surface area contributed by atoms with Gasteiger partial charge in [-0.25, -0.2) is 0 Å². The summed E-state index contributed by atoms with van der Waals surface area (Å²) in [4.78, 5) is 0. The van der Waals surface area contributed by atoms with E-state index >= 15 is 0 Å². The van der Waals surface area contributed by atoms with Crippen molar-refractivity contribution < 1.29 is 0 Å². The lowest BCUT2D eigenvalue weighted by atomic mass is 9.84. The van der Waals surface area contributed by atoms with Crippen molar-refractivity contribution in [3.05, 3.63) is 0 Å². The molecule has 0 amide bonds. The molecule has 0 bridgehead atoms. The summed E-state index contributed by atoms with van der Waals surface area (Å²) in [6.07, 6.45) is 7.84. The highest BCUT2D eigenvalue weighted by Crippen LogP contribution is 2.42. The lowest BCUT2D eigenvalue weighted by molar-refractivity contribution is 0.342. The second kappa shape index (κ2) is 5.26. The fourth-order valence-electron chi connectivity index (χ4n) is 1.73. The fourth-order valence-corrected chi connectivity index (χ4v) is 2.67. The normalized spacial score (nSPS) is 20.3. The van der Waals surface area contributed by atoms with Crippen molar-refractivity contribution in [1.29, 1.82) is 0 Å². The largest absolute Gasteiger partial charge is 0.315 e. The minimum Gasteiger partial charge on any atom is -0.315 e. The van der Waals surface area contributed by atoms with Gasteiger partial charge in [0.1, 0.15) is 0 Å². The molecule has 0 aromatic carbocycles. The van der Waals surface area contributed by atoms with E-state index in [1.807, 2.05) is 0 Å². The Labute approximate surface area is 87.1 Å². The van der Waals surface area contributed by atoms with E-state index in [-0.39, 0.29) is 0 Å². The zero-order chi connectivity index (χ0) is 9.73. The molecule has 0 aliphatic heterocycles. The molecule has 0 atom stereocenters. The van der Waals surface area contributed by atoms with Gasteiger partial charge in [-0.2, -0.15) is 11.8 Å². The molecule has 78 valence electrons. The topological polar surface area (TPSA) is 12.0 Å². The summed E-state index contributed by atoms with van der Waals surface area (Å²) < 4.78 is 0.608. The van der Waals surface area contributed by atoms with Crippen molar-refractivity contribution in [2.75, 3.05) is 19.3 Å².